The molecule has 4 unspecified atom stereocenters. The molecule has 4 rings (SSSR count). The van der Waals surface area contributed by atoms with Crippen molar-refractivity contribution in [3.63, 3.8) is 0 Å². The van der Waals surface area contributed by atoms with Crippen molar-refractivity contribution in [2.45, 2.75) is 181 Å². The monoisotopic (exact) mass is 607 g/mol. The molecule has 4 aliphatic rings. The van der Waals surface area contributed by atoms with Crippen LogP contribution < -0.4 is 0 Å². The molecule has 0 saturated heterocycles. The van der Waals surface area contributed by atoms with Crippen molar-refractivity contribution in [3.05, 3.63) is 35.5 Å². The van der Waals surface area contributed by atoms with Crippen LogP contribution in [0.25, 0.3) is 0 Å². The molecule has 0 aromatic carbocycles. The van der Waals surface area contributed by atoms with Crippen molar-refractivity contribution < 1.29 is 0 Å². The lowest BCUT2D eigenvalue weighted by atomic mass is 9.71. The van der Waals surface area contributed by atoms with Gasteiger partial charge in [-0.15, -0.1) is 0 Å². The summed E-state index contributed by atoms with van der Waals surface area (Å²) in [6, 6.07) is 1.59. The molecule has 4 atom stereocenters. The number of rotatable bonds is 16. The molecule has 2 nitrogen and oxygen atoms in total. The Labute approximate surface area is 275 Å². The van der Waals surface area contributed by atoms with Gasteiger partial charge in [0.15, 0.2) is 0 Å². The van der Waals surface area contributed by atoms with Gasteiger partial charge in [-0.25, -0.2) is 0 Å². The second-order valence-corrected chi connectivity index (χ2v) is 15.5. The van der Waals surface area contributed by atoms with E-state index in [1.54, 1.807) is 0 Å². The van der Waals surface area contributed by atoms with Gasteiger partial charge in [-0.3, -0.25) is 0 Å². The lowest BCUT2D eigenvalue weighted by Gasteiger charge is -2.43. The molecule has 0 spiro atoms. The molecular formula is C42H74N2. The van der Waals surface area contributed by atoms with Gasteiger partial charge in [0.05, 0.1) is 0 Å². The maximum atomic E-state index is 2.87. The quantitative estimate of drug-likeness (QED) is 0.161. The summed E-state index contributed by atoms with van der Waals surface area (Å²) in [4.78, 5) is 5.74. The third kappa shape index (κ3) is 10.9. The molecule has 0 N–H and O–H groups in total. The van der Waals surface area contributed by atoms with Crippen LogP contribution in [0.1, 0.15) is 169 Å². The summed E-state index contributed by atoms with van der Waals surface area (Å²) in [5, 5.41) is 0. The van der Waals surface area contributed by atoms with E-state index < -0.39 is 0 Å². The van der Waals surface area contributed by atoms with Crippen LogP contribution in [-0.4, -0.2) is 48.1 Å². The summed E-state index contributed by atoms with van der Waals surface area (Å²) in [6.45, 7) is 14.7. The zero-order valence-corrected chi connectivity index (χ0v) is 30.1. The Balaban J connectivity index is 1.58. The van der Waals surface area contributed by atoms with Crippen molar-refractivity contribution in [1.29, 1.82) is 0 Å². The third-order valence-electron chi connectivity index (χ3n) is 12.2. The van der Waals surface area contributed by atoms with E-state index in [0.717, 1.165) is 35.8 Å². The first kappa shape index (κ1) is 36.0. The highest BCUT2D eigenvalue weighted by molar-refractivity contribution is 5.26. The number of hydrogen-bond donors (Lipinski definition) is 0. The van der Waals surface area contributed by atoms with E-state index in [4.69, 9.17) is 0 Å². The predicted molar refractivity (Wildman–Crippen MR) is 194 cm³/mol. The highest BCUT2D eigenvalue weighted by Crippen LogP contribution is 2.43. The van der Waals surface area contributed by atoms with Crippen molar-refractivity contribution in [2.24, 2.45) is 23.7 Å². The van der Waals surface area contributed by atoms with Gasteiger partial charge in [0.25, 0.3) is 0 Å². The van der Waals surface area contributed by atoms with Crippen LogP contribution in [-0.2, 0) is 0 Å². The minimum Gasteiger partial charge on any atom is -0.300 e. The lowest BCUT2D eigenvalue weighted by molar-refractivity contribution is 0.119. The first-order chi connectivity index (χ1) is 21.7. The predicted octanol–water partition coefficient (Wildman–Crippen LogP) is 11.9. The summed E-state index contributed by atoms with van der Waals surface area (Å²) in [5.41, 5.74) is 3.69. The fourth-order valence-corrected chi connectivity index (χ4v) is 10.1. The van der Waals surface area contributed by atoms with Crippen LogP contribution >= 0.6 is 0 Å². The zero-order valence-electron chi connectivity index (χ0n) is 30.1. The van der Waals surface area contributed by atoms with E-state index in [-0.39, 0.29) is 0 Å². The van der Waals surface area contributed by atoms with E-state index >= 15 is 0 Å². The summed E-state index contributed by atoms with van der Waals surface area (Å²) < 4.78 is 0. The van der Waals surface area contributed by atoms with E-state index in [2.05, 4.69) is 61.8 Å². The molecule has 4 fully saturated rings. The second kappa shape index (κ2) is 20.4. The van der Waals surface area contributed by atoms with Gasteiger partial charge in [0, 0.05) is 12.1 Å². The van der Waals surface area contributed by atoms with Gasteiger partial charge in [-0.05, 0) is 140 Å². The topological polar surface area (TPSA) is 6.48 Å². The van der Waals surface area contributed by atoms with Gasteiger partial charge in [0.2, 0.25) is 0 Å². The van der Waals surface area contributed by atoms with Gasteiger partial charge < -0.3 is 9.80 Å². The standard InChI is InChI=1S/C42H74N2/c1-5-29-43(30-6-2)39-25-17-23-37(33-39)42(38-24-18-26-40(34-38)44(31-7-3)32-8-4)28-16-15-27-41(35-19-11-9-12-20-35)36-21-13-10-14-22-36/h15-16,27-28,35-40H,5-14,17-26,29-34H2,1-4H3/b16-15+,42-28?. The molecule has 4 aliphatic carbocycles. The van der Waals surface area contributed by atoms with Gasteiger partial charge >= 0.3 is 0 Å². The summed E-state index contributed by atoms with van der Waals surface area (Å²) in [7, 11) is 0. The second-order valence-electron chi connectivity index (χ2n) is 15.5. The zero-order chi connectivity index (χ0) is 31.0. The van der Waals surface area contributed by atoms with E-state index in [1.165, 1.54) is 167 Å². The fourth-order valence-electron chi connectivity index (χ4n) is 10.1. The highest BCUT2D eigenvalue weighted by atomic mass is 15.2. The summed E-state index contributed by atoms with van der Waals surface area (Å²) in [6.07, 6.45) is 41.4. The van der Waals surface area contributed by atoms with Crippen LogP contribution in [0.3, 0.4) is 0 Å². The van der Waals surface area contributed by atoms with Crippen LogP contribution in [0.15, 0.2) is 35.5 Å². The van der Waals surface area contributed by atoms with Crippen LogP contribution in [0, 0.1) is 23.7 Å². The smallest absolute Gasteiger partial charge is 0.0101 e. The molecule has 0 aromatic heterocycles. The summed E-state index contributed by atoms with van der Waals surface area (Å²) >= 11 is 0. The molecule has 0 radical (unpaired) electrons. The fraction of sp³-hybridized carbons (Fsp3) is 0.857. The minimum absolute atomic E-state index is 0.782. The first-order valence-electron chi connectivity index (χ1n) is 20.2. The molecule has 44 heavy (non-hydrogen) atoms. The van der Waals surface area contributed by atoms with Crippen molar-refractivity contribution >= 4 is 0 Å². The van der Waals surface area contributed by atoms with E-state index in [0.29, 0.717) is 0 Å². The average molecular weight is 607 g/mol. The maximum Gasteiger partial charge on any atom is 0.0101 e. The SMILES string of the molecule is CCCN(CCC)C1CCCC(C(=C/C=C/C=C(C2CCCCC2)C2CCCCC2)C2CCCC(N(CCC)CCC)C2)C1. The molecular weight excluding hydrogens is 532 g/mol. The Morgan fingerprint density at radius 1 is 0.432 bits per heavy atom. The van der Waals surface area contributed by atoms with Crippen LogP contribution in [0.5, 0.6) is 0 Å². The average Bonchev–Trinajstić information content (AvgIpc) is 3.07. The number of hydrogen-bond acceptors (Lipinski definition) is 2. The molecule has 4 saturated carbocycles. The molecule has 2 heteroatoms. The highest BCUT2D eigenvalue weighted by Gasteiger charge is 2.34. The van der Waals surface area contributed by atoms with Crippen LogP contribution in [0.4, 0.5) is 0 Å². The molecule has 0 aliphatic heterocycles. The Morgan fingerprint density at radius 3 is 1.14 bits per heavy atom. The van der Waals surface area contributed by atoms with Crippen molar-refractivity contribution in [3.8, 4) is 0 Å². The van der Waals surface area contributed by atoms with E-state index in [1.807, 2.05) is 11.1 Å². The third-order valence-corrected chi connectivity index (χ3v) is 12.2. The Kier molecular flexibility index (Phi) is 16.7. The maximum absolute atomic E-state index is 2.87. The molecule has 0 bridgehead atoms. The Morgan fingerprint density at radius 2 is 0.773 bits per heavy atom. The summed E-state index contributed by atoms with van der Waals surface area (Å²) in [5.74, 6) is 3.29. The Bertz CT molecular complexity index is 787. The number of allylic oxidation sites excluding steroid dienone is 6. The first-order valence-corrected chi connectivity index (χ1v) is 20.2. The van der Waals surface area contributed by atoms with Crippen molar-refractivity contribution in [2.75, 3.05) is 26.2 Å². The largest absolute Gasteiger partial charge is 0.300 e. The molecule has 0 aromatic rings. The van der Waals surface area contributed by atoms with E-state index in [9.17, 15) is 0 Å². The van der Waals surface area contributed by atoms with Crippen LogP contribution in [0.2, 0.25) is 0 Å². The number of nitrogens with zero attached hydrogens (tertiary/aromatic N) is 2. The van der Waals surface area contributed by atoms with Gasteiger partial charge in [0.1, 0.15) is 0 Å². The van der Waals surface area contributed by atoms with Gasteiger partial charge in [-0.2, -0.15) is 0 Å². The van der Waals surface area contributed by atoms with Gasteiger partial charge in [-0.1, -0.05) is 115 Å². The van der Waals surface area contributed by atoms with Crippen molar-refractivity contribution in [1.82, 2.24) is 9.80 Å². The molecule has 252 valence electrons. The Hall–Kier alpha value is -0.860. The minimum atomic E-state index is 0.782. The normalized spacial score (nSPS) is 27.7. The molecule has 0 amide bonds. The lowest BCUT2D eigenvalue weighted by Crippen LogP contribution is -2.42. The molecule has 0 heterocycles.